The molecule has 1 rings (SSSR count). The van der Waals surface area contributed by atoms with Crippen molar-refractivity contribution in [3.63, 3.8) is 0 Å². The number of aliphatic hydroxyl groups is 1. The number of hydrogen-bond acceptors (Lipinski definition) is 4. The van der Waals surface area contributed by atoms with Crippen LogP contribution in [-0.4, -0.2) is 15.2 Å². The van der Waals surface area contributed by atoms with Gasteiger partial charge in [-0.15, -0.1) is 0 Å². The van der Waals surface area contributed by atoms with Crippen molar-refractivity contribution in [3.05, 3.63) is 11.7 Å². The standard InChI is InChI=1S/C10H18N2O2/c1-3-5-7-9-11-10(12-14-9)8(13)6-4-2/h8,13H,3-7H2,1-2H3. The maximum atomic E-state index is 9.57. The molecule has 1 aromatic rings. The Morgan fingerprint density at radius 3 is 2.79 bits per heavy atom. The van der Waals surface area contributed by atoms with Gasteiger partial charge in [-0.1, -0.05) is 31.8 Å². The van der Waals surface area contributed by atoms with Crippen LogP contribution in [0.25, 0.3) is 0 Å². The van der Waals surface area contributed by atoms with Crippen LogP contribution < -0.4 is 0 Å². The second-order valence-electron chi connectivity index (χ2n) is 3.45. The van der Waals surface area contributed by atoms with E-state index in [1.807, 2.05) is 6.92 Å². The van der Waals surface area contributed by atoms with E-state index in [1.54, 1.807) is 0 Å². The SMILES string of the molecule is CCCCc1nc(C(O)CCC)no1. The van der Waals surface area contributed by atoms with E-state index in [-0.39, 0.29) is 0 Å². The van der Waals surface area contributed by atoms with Crippen LogP contribution in [-0.2, 0) is 6.42 Å². The molecule has 0 spiro atoms. The predicted octanol–water partition coefficient (Wildman–Crippen LogP) is 2.25. The molecule has 0 radical (unpaired) electrons. The van der Waals surface area contributed by atoms with E-state index in [4.69, 9.17) is 4.52 Å². The van der Waals surface area contributed by atoms with Crippen molar-refractivity contribution < 1.29 is 9.63 Å². The zero-order valence-electron chi connectivity index (χ0n) is 8.86. The fraction of sp³-hybridized carbons (Fsp3) is 0.800. The number of rotatable bonds is 6. The second kappa shape index (κ2) is 5.75. The summed E-state index contributed by atoms with van der Waals surface area (Å²) in [6, 6.07) is 0. The van der Waals surface area contributed by atoms with Crippen molar-refractivity contribution in [1.29, 1.82) is 0 Å². The van der Waals surface area contributed by atoms with E-state index >= 15 is 0 Å². The van der Waals surface area contributed by atoms with Crippen molar-refractivity contribution in [2.45, 2.75) is 52.1 Å². The van der Waals surface area contributed by atoms with Gasteiger partial charge < -0.3 is 9.63 Å². The highest BCUT2D eigenvalue weighted by Crippen LogP contribution is 2.15. The minimum Gasteiger partial charge on any atom is -0.385 e. The maximum absolute atomic E-state index is 9.57. The molecule has 0 aromatic carbocycles. The molecule has 1 N–H and O–H groups in total. The Kier molecular flexibility index (Phi) is 4.59. The van der Waals surface area contributed by atoms with Gasteiger partial charge in [-0.3, -0.25) is 0 Å². The molecule has 0 aliphatic carbocycles. The lowest BCUT2D eigenvalue weighted by Gasteiger charge is -2.01. The van der Waals surface area contributed by atoms with E-state index in [2.05, 4.69) is 17.1 Å². The van der Waals surface area contributed by atoms with Gasteiger partial charge in [0.1, 0.15) is 6.10 Å². The van der Waals surface area contributed by atoms with Crippen LogP contribution in [0.3, 0.4) is 0 Å². The molecule has 0 aliphatic rings. The van der Waals surface area contributed by atoms with Gasteiger partial charge in [0.25, 0.3) is 0 Å². The Labute approximate surface area is 84.3 Å². The zero-order valence-corrected chi connectivity index (χ0v) is 8.86. The molecule has 0 saturated heterocycles. The van der Waals surface area contributed by atoms with Crippen molar-refractivity contribution in [2.75, 3.05) is 0 Å². The Balaban J connectivity index is 2.49. The number of unbranched alkanes of at least 4 members (excludes halogenated alkanes) is 1. The summed E-state index contributed by atoms with van der Waals surface area (Å²) in [5.74, 6) is 1.06. The first-order chi connectivity index (χ1) is 6.77. The van der Waals surface area contributed by atoms with Crippen LogP contribution in [0.2, 0.25) is 0 Å². The molecule has 4 nitrogen and oxygen atoms in total. The number of aryl methyl sites for hydroxylation is 1. The molecule has 0 saturated carbocycles. The van der Waals surface area contributed by atoms with Crippen LogP contribution in [0.1, 0.15) is 57.3 Å². The molecule has 14 heavy (non-hydrogen) atoms. The van der Waals surface area contributed by atoms with E-state index in [1.165, 1.54) is 0 Å². The summed E-state index contributed by atoms with van der Waals surface area (Å²) in [6.45, 7) is 4.13. The Bertz CT molecular complexity index is 260. The number of aliphatic hydroxyl groups excluding tert-OH is 1. The molecular formula is C10H18N2O2. The van der Waals surface area contributed by atoms with Crippen LogP contribution in [0.15, 0.2) is 4.52 Å². The van der Waals surface area contributed by atoms with Gasteiger partial charge in [0.15, 0.2) is 5.82 Å². The number of aromatic nitrogens is 2. The van der Waals surface area contributed by atoms with Crippen LogP contribution >= 0.6 is 0 Å². The average molecular weight is 198 g/mol. The fourth-order valence-electron chi connectivity index (χ4n) is 1.24. The lowest BCUT2D eigenvalue weighted by atomic mass is 10.2. The zero-order chi connectivity index (χ0) is 10.4. The van der Waals surface area contributed by atoms with Crippen LogP contribution in [0.4, 0.5) is 0 Å². The molecule has 0 bridgehead atoms. The summed E-state index contributed by atoms with van der Waals surface area (Å²) in [7, 11) is 0. The summed E-state index contributed by atoms with van der Waals surface area (Å²) >= 11 is 0. The van der Waals surface area contributed by atoms with Crippen LogP contribution in [0, 0.1) is 0 Å². The molecule has 0 fully saturated rings. The molecule has 80 valence electrons. The summed E-state index contributed by atoms with van der Waals surface area (Å²) in [5, 5.41) is 13.3. The van der Waals surface area contributed by atoms with Crippen molar-refractivity contribution >= 4 is 0 Å². The van der Waals surface area contributed by atoms with E-state index in [0.717, 1.165) is 25.7 Å². The topological polar surface area (TPSA) is 59.2 Å². The lowest BCUT2D eigenvalue weighted by molar-refractivity contribution is 0.152. The predicted molar refractivity (Wildman–Crippen MR) is 52.8 cm³/mol. The summed E-state index contributed by atoms with van der Waals surface area (Å²) < 4.78 is 5.01. The average Bonchev–Trinajstić information content (AvgIpc) is 2.63. The third kappa shape index (κ3) is 3.10. The molecular weight excluding hydrogens is 180 g/mol. The van der Waals surface area contributed by atoms with Gasteiger partial charge in [0, 0.05) is 6.42 Å². The minimum absolute atomic E-state index is 0.429. The summed E-state index contributed by atoms with van der Waals surface area (Å²) in [5.41, 5.74) is 0. The van der Waals surface area contributed by atoms with Crippen molar-refractivity contribution in [2.24, 2.45) is 0 Å². The fourth-order valence-corrected chi connectivity index (χ4v) is 1.24. The van der Waals surface area contributed by atoms with Gasteiger partial charge >= 0.3 is 0 Å². The minimum atomic E-state index is -0.570. The summed E-state index contributed by atoms with van der Waals surface area (Å²) in [4.78, 5) is 4.14. The highest BCUT2D eigenvalue weighted by atomic mass is 16.5. The Morgan fingerprint density at radius 2 is 2.14 bits per heavy atom. The monoisotopic (exact) mass is 198 g/mol. The Morgan fingerprint density at radius 1 is 1.36 bits per heavy atom. The summed E-state index contributed by atoms with van der Waals surface area (Å²) in [6.07, 6.45) is 4.00. The number of hydrogen-bond donors (Lipinski definition) is 1. The van der Waals surface area contributed by atoms with E-state index in [0.29, 0.717) is 18.1 Å². The maximum Gasteiger partial charge on any atom is 0.226 e. The highest BCUT2D eigenvalue weighted by Gasteiger charge is 2.13. The second-order valence-corrected chi connectivity index (χ2v) is 3.45. The first-order valence-electron chi connectivity index (χ1n) is 5.28. The van der Waals surface area contributed by atoms with Gasteiger partial charge in [-0.05, 0) is 12.8 Å². The molecule has 0 aliphatic heterocycles. The highest BCUT2D eigenvalue weighted by molar-refractivity contribution is 4.90. The largest absolute Gasteiger partial charge is 0.385 e. The van der Waals surface area contributed by atoms with Gasteiger partial charge in [-0.2, -0.15) is 4.98 Å². The van der Waals surface area contributed by atoms with Gasteiger partial charge in [0.05, 0.1) is 0 Å². The van der Waals surface area contributed by atoms with Crippen molar-refractivity contribution in [1.82, 2.24) is 10.1 Å². The third-order valence-corrected chi connectivity index (χ3v) is 2.09. The molecule has 4 heteroatoms. The molecule has 1 aromatic heterocycles. The molecule has 1 atom stereocenters. The van der Waals surface area contributed by atoms with Crippen LogP contribution in [0.5, 0.6) is 0 Å². The quantitative estimate of drug-likeness (QED) is 0.761. The van der Waals surface area contributed by atoms with E-state index in [9.17, 15) is 5.11 Å². The van der Waals surface area contributed by atoms with E-state index < -0.39 is 6.10 Å². The first-order valence-corrected chi connectivity index (χ1v) is 5.28. The van der Waals surface area contributed by atoms with Gasteiger partial charge in [-0.25, -0.2) is 0 Å². The Hall–Kier alpha value is -0.900. The van der Waals surface area contributed by atoms with Crippen molar-refractivity contribution in [3.8, 4) is 0 Å². The smallest absolute Gasteiger partial charge is 0.226 e. The molecule has 1 unspecified atom stereocenters. The first kappa shape index (κ1) is 11.2. The number of nitrogens with zero attached hydrogens (tertiary/aromatic N) is 2. The molecule has 0 amide bonds. The van der Waals surface area contributed by atoms with Gasteiger partial charge in [0.2, 0.25) is 5.89 Å². The lowest BCUT2D eigenvalue weighted by Crippen LogP contribution is -1.99. The molecule has 1 heterocycles. The normalized spacial score (nSPS) is 13.1. The third-order valence-electron chi connectivity index (χ3n) is 2.09.